The molecule has 0 aromatic heterocycles. The molecule has 0 atom stereocenters. The minimum Gasteiger partial charge on any atom is -0.478 e. The Bertz CT molecular complexity index is 577. The van der Waals surface area contributed by atoms with E-state index in [1.165, 1.54) is 10.6 Å². The number of anilines is 1. The van der Waals surface area contributed by atoms with Gasteiger partial charge in [0.2, 0.25) is 10.0 Å². The molecule has 0 radical (unpaired) electrons. The molecular weight excluding hydrogens is 268 g/mol. The van der Waals surface area contributed by atoms with E-state index in [4.69, 9.17) is 5.11 Å². The number of aromatic carboxylic acids is 1. The van der Waals surface area contributed by atoms with Crippen molar-refractivity contribution in [3.05, 3.63) is 29.8 Å². The van der Waals surface area contributed by atoms with Crippen LogP contribution in [0.1, 0.15) is 10.4 Å². The Morgan fingerprint density at radius 3 is 2.26 bits per heavy atom. The molecule has 1 heterocycles. The van der Waals surface area contributed by atoms with Crippen LogP contribution in [0.5, 0.6) is 0 Å². The maximum Gasteiger partial charge on any atom is 0.337 e. The molecule has 2 rings (SSSR count). The van der Waals surface area contributed by atoms with Gasteiger partial charge in [0.05, 0.1) is 17.5 Å². The van der Waals surface area contributed by atoms with Gasteiger partial charge in [0.25, 0.3) is 0 Å². The van der Waals surface area contributed by atoms with E-state index in [2.05, 4.69) is 0 Å². The van der Waals surface area contributed by atoms with Crippen LogP contribution < -0.4 is 4.90 Å². The van der Waals surface area contributed by atoms with Gasteiger partial charge in [0, 0.05) is 26.2 Å². The van der Waals surface area contributed by atoms with Crippen molar-refractivity contribution in [1.29, 1.82) is 0 Å². The summed E-state index contributed by atoms with van der Waals surface area (Å²) in [5.74, 6) is -0.971. The second-order valence-electron chi connectivity index (χ2n) is 4.47. The zero-order valence-electron chi connectivity index (χ0n) is 10.6. The Hall–Kier alpha value is -1.60. The van der Waals surface area contributed by atoms with Gasteiger partial charge in [-0.3, -0.25) is 0 Å². The van der Waals surface area contributed by atoms with Crippen molar-refractivity contribution in [2.24, 2.45) is 0 Å². The minimum absolute atomic E-state index is 0.246. The Labute approximate surface area is 112 Å². The number of carbonyl (C=O) groups is 1. The fraction of sp³-hybridized carbons (Fsp3) is 0.417. The summed E-state index contributed by atoms with van der Waals surface area (Å²) in [7, 11) is -3.17. The van der Waals surface area contributed by atoms with Crippen LogP contribution >= 0.6 is 0 Å². The number of rotatable bonds is 3. The van der Waals surface area contributed by atoms with Crippen LogP contribution in [0.3, 0.4) is 0 Å². The van der Waals surface area contributed by atoms with Gasteiger partial charge < -0.3 is 10.0 Å². The van der Waals surface area contributed by atoms with Crippen molar-refractivity contribution in [3.63, 3.8) is 0 Å². The summed E-state index contributed by atoms with van der Waals surface area (Å²) >= 11 is 0. The monoisotopic (exact) mass is 284 g/mol. The summed E-state index contributed by atoms with van der Waals surface area (Å²) < 4.78 is 24.2. The van der Waals surface area contributed by atoms with Gasteiger partial charge in [0.15, 0.2) is 0 Å². The highest BCUT2D eigenvalue weighted by Gasteiger charge is 2.25. The van der Waals surface area contributed by atoms with E-state index < -0.39 is 16.0 Å². The normalized spacial score (nSPS) is 17.4. The van der Waals surface area contributed by atoms with Crippen molar-refractivity contribution in [2.75, 3.05) is 37.3 Å². The molecule has 0 aliphatic carbocycles. The summed E-state index contributed by atoms with van der Waals surface area (Å²) in [6.45, 7) is 1.76. The van der Waals surface area contributed by atoms with E-state index in [1.807, 2.05) is 4.90 Å². The molecule has 0 bridgehead atoms. The SMILES string of the molecule is CS(=O)(=O)N1CCN(c2ccccc2C(=O)O)CC1. The zero-order valence-corrected chi connectivity index (χ0v) is 11.4. The number of sulfonamides is 1. The highest BCUT2D eigenvalue weighted by Crippen LogP contribution is 2.22. The molecule has 1 aliphatic rings. The van der Waals surface area contributed by atoms with Gasteiger partial charge in [-0.25, -0.2) is 13.2 Å². The third-order valence-corrected chi connectivity index (χ3v) is 4.49. The van der Waals surface area contributed by atoms with Gasteiger partial charge in [-0.2, -0.15) is 4.31 Å². The maximum absolute atomic E-state index is 11.4. The molecule has 1 N–H and O–H groups in total. The van der Waals surface area contributed by atoms with Crippen molar-refractivity contribution < 1.29 is 18.3 Å². The van der Waals surface area contributed by atoms with Crippen LogP contribution in [0.4, 0.5) is 5.69 Å². The van der Waals surface area contributed by atoms with Crippen LogP contribution in [0.25, 0.3) is 0 Å². The van der Waals surface area contributed by atoms with E-state index in [0.29, 0.717) is 31.9 Å². The van der Waals surface area contributed by atoms with Crippen molar-refractivity contribution in [2.45, 2.75) is 0 Å². The van der Waals surface area contributed by atoms with Gasteiger partial charge in [-0.05, 0) is 12.1 Å². The quantitative estimate of drug-likeness (QED) is 0.873. The number of carboxylic acid groups (broad SMARTS) is 1. The lowest BCUT2D eigenvalue weighted by Crippen LogP contribution is -2.48. The Morgan fingerprint density at radius 2 is 1.74 bits per heavy atom. The molecule has 19 heavy (non-hydrogen) atoms. The van der Waals surface area contributed by atoms with E-state index in [1.54, 1.807) is 24.3 Å². The summed E-state index contributed by atoms with van der Waals surface area (Å²) in [6, 6.07) is 6.77. The topological polar surface area (TPSA) is 77.9 Å². The molecule has 0 saturated carbocycles. The smallest absolute Gasteiger partial charge is 0.337 e. The van der Waals surface area contributed by atoms with Crippen LogP contribution in [-0.4, -0.2) is 56.2 Å². The second kappa shape index (κ2) is 5.18. The van der Waals surface area contributed by atoms with E-state index in [9.17, 15) is 13.2 Å². The standard InChI is InChI=1S/C12H16N2O4S/c1-19(17,18)14-8-6-13(7-9-14)11-5-3-2-4-10(11)12(15)16/h2-5H,6-9H2,1H3,(H,15,16). The fourth-order valence-electron chi connectivity index (χ4n) is 2.19. The Balaban J connectivity index is 2.16. The second-order valence-corrected chi connectivity index (χ2v) is 6.45. The number of hydrogen-bond acceptors (Lipinski definition) is 4. The molecule has 1 aliphatic heterocycles. The molecule has 1 saturated heterocycles. The molecule has 6 nitrogen and oxygen atoms in total. The fourth-order valence-corrected chi connectivity index (χ4v) is 3.02. The molecule has 0 amide bonds. The zero-order chi connectivity index (χ0) is 14.0. The number of piperazine rings is 1. The third kappa shape index (κ3) is 3.05. The number of hydrogen-bond donors (Lipinski definition) is 1. The first-order valence-corrected chi connectivity index (χ1v) is 7.77. The molecule has 1 aromatic rings. The lowest BCUT2D eigenvalue weighted by molar-refractivity contribution is 0.0697. The van der Waals surface area contributed by atoms with Crippen LogP contribution in [0.15, 0.2) is 24.3 Å². The Morgan fingerprint density at radius 1 is 1.16 bits per heavy atom. The number of benzene rings is 1. The van der Waals surface area contributed by atoms with Crippen LogP contribution in [0.2, 0.25) is 0 Å². The summed E-state index contributed by atoms with van der Waals surface area (Å²) in [5.41, 5.74) is 0.887. The predicted molar refractivity (Wildman–Crippen MR) is 72.0 cm³/mol. The minimum atomic E-state index is -3.17. The molecule has 0 unspecified atom stereocenters. The maximum atomic E-state index is 11.4. The van der Waals surface area contributed by atoms with Gasteiger partial charge in [-0.15, -0.1) is 0 Å². The molecular formula is C12H16N2O4S. The van der Waals surface area contributed by atoms with Crippen LogP contribution in [0, 0.1) is 0 Å². The molecule has 0 spiro atoms. The first-order valence-electron chi connectivity index (χ1n) is 5.92. The van der Waals surface area contributed by atoms with E-state index in [0.717, 1.165) is 0 Å². The first-order chi connectivity index (χ1) is 8.89. The molecule has 104 valence electrons. The Kier molecular flexibility index (Phi) is 3.77. The van der Waals surface area contributed by atoms with E-state index in [-0.39, 0.29) is 5.56 Å². The van der Waals surface area contributed by atoms with E-state index >= 15 is 0 Å². The number of nitrogens with zero attached hydrogens (tertiary/aromatic N) is 2. The highest BCUT2D eigenvalue weighted by molar-refractivity contribution is 7.88. The van der Waals surface area contributed by atoms with Gasteiger partial charge in [0.1, 0.15) is 0 Å². The van der Waals surface area contributed by atoms with Crippen molar-refractivity contribution >= 4 is 21.7 Å². The summed E-state index contributed by atoms with van der Waals surface area (Å²) in [4.78, 5) is 13.1. The molecule has 1 aromatic carbocycles. The van der Waals surface area contributed by atoms with Crippen LogP contribution in [-0.2, 0) is 10.0 Å². The average Bonchev–Trinajstić information content (AvgIpc) is 2.38. The first kappa shape index (κ1) is 13.8. The average molecular weight is 284 g/mol. The van der Waals surface area contributed by atoms with Crippen molar-refractivity contribution in [3.8, 4) is 0 Å². The highest BCUT2D eigenvalue weighted by atomic mass is 32.2. The van der Waals surface area contributed by atoms with Gasteiger partial charge >= 0.3 is 5.97 Å². The van der Waals surface area contributed by atoms with Crippen molar-refractivity contribution in [1.82, 2.24) is 4.31 Å². The largest absolute Gasteiger partial charge is 0.478 e. The molecule has 7 heteroatoms. The number of para-hydroxylation sites is 1. The predicted octanol–water partition coefficient (Wildman–Crippen LogP) is 0.466. The third-order valence-electron chi connectivity index (χ3n) is 3.18. The lowest BCUT2D eigenvalue weighted by Gasteiger charge is -2.35. The van der Waals surface area contributed by atoms with Gasteiger partial charge in [-0.1, -0.05) is 12.1 Å². The lowest BCUT2D eigenvalue weighted by atomic mass is 10.1. The molecule has 1 fully saturated rings. The summed E-state index contributed by atoms with van der Waals surface area (Å²) in [6.07, 6.45) is 1.19. The number of carboxylic acids is 1. The summed E-state index contributed by atoms with van der Waals surface area (Å²) in [5, 5.41) is 9.14.